The minimum Gasteiger partial charge on any atom is -0.490 e. The quantitative estimate of drug-likeness (QED) is 0.431. The highest BCUT2D eigenvalue weighted by molar-refractivity contribution is 6.03. The number of nitrogens with zero attached hydrogens (tertiary/aromatic N) is 3. The van der Waals surface area contributed by atoms with Crippen LogP contribution in [0.4, 0.5) is 27.6 Å². The molecule has 1 saturated carbocycles. The predicted molar refractivity (Wildman–Crippen MR) is 122 cm³/mol. The van der Waals surface area contributed by atoms with Crippen LogP contribution in [0.2, 0.25) is 0 Å². The molecule has 0 spiro atoms. The number of pyridine rings is 2. The second-order valence-electron chi connectivity index (χ2n) is 9.26. The van der Waals surface area contributed by atoms with Gasteiger partial charge in [-0.3, -0.25) is 4.79 Å². The summed E-state index contributed by atoms with van der Waals surface area (Å²) < 4.78 is 71.0. The van der Waals surface area contributed by atoms with Crippen LogP contribution in [0.1, 0.15) is 55.0 Å². The summed E-state index contributed by atoms with van der Waals surface area (Å²) in [6, 6.07) is 5.64. The maximum absolute atomic E-state index is 12.9. The smallest absolute Gasteiger partial charge is 0.490 e. The van der Waals surface area contributed by atoms with Gasteiger partial charge >= 0.3 is 12.1 Å². The van der Waals surface area contributed by atoms with Crippen molar-refractivity contribution in [2.75, 3.05) is 18.5 Å². The molecule has 0 radical (unpaired) electrons. The summed E-state index contributed by atoms with van der Waals surface area (Å²) in [5.41, 5.74) is 1.39. The Kier molecular flexibility index (Phi) is 7.03. The zero-order chi connectivity index (χ0) is 27.9. The van der Waals surface area contributed by atoms with Crippen LogP contribution < -0.4 is 10.1 Å². The monoisotopic (exact) mass is 542 g/mol. The van der Waals surface area contributed by atoms with Gasteiger partial charge in [0.1, 0.15) is 11.4 Å². The van der Waals surface area contributed by atoms with Crippen molar-refractivity contribution in [3.8, 4) is 5.75 Å². The largest absolute Gasteiger partial charge is 0.490 e. The molecule has 1 aliphatic carbocycles. The van der Waals surface area contributed by atoms with Gasteiger partial charge in [-0.25, -0.2) is 23.5 Å². The first-order valence-corrected chi connectivity index (χ1v) is 11.4. The van der Waals surface area contributed by atoms with E-state index >= 15 is 0 Å². The molecule has 2 bridgehead atoms. The lowest BCUT2D eigenvalue weighted by atomic mass is 9.62. The number of amides is 1. The van der Waals surface area contributed by atoms with Crippen molar-refractivity contribution < 1.29 is 46.1 Å². The zero-order valence-electron chi connectivity index (χ0n) is 20.2. The number of anilines is 1. The van der Waals surface area contributed by atoms with E-state index < -0.39 is 30.2 Å². The summed E-state index contributed by atoms with van der Waals surface area (Å²) in [6.45, 7) is 5.06. The van der Waals surface area contributed by atoms with Gasteiger partial charge in [0.25, 0.3) is 12.3 Å². The highest BCUT2D eigenvalue weighted by Gasteiger charge is 2.61. The maximum atomic E-state index is 12.9. The highest BCUT2D eigenvalue weighted by atomic mass is 19.4. The number of hydrogen-bond acceptors (Lipinski definition) is 6. The van der Waals surface area contributed by atoms with Crippen molar-refractivity contribution in [1.82, 2.24) is 14.4 Å². The van der Waals surface area contributed by atoms with Crippen LogP contribution in [-0.4, -0.2) is 56.3 Å². The Morgan fingerprint density at radius 1 is 1.24 bits per heavy atom. The Hall–Kier alpha value is -3.81. The molecule has 14 heteroatoms. The van der Waals surface area contributed by atoms with Gasteiger partial charge in [0.05, 0.1) is 30.2 Å². The van der Waals surface area contributed by atoms with Crippen molar-refractivity contribution in [2.45, 2.75) is 50.3 Å². The number of alkyl halides is 5. The number of aromatic nitrogens is 3. The average Bonchev–Trinajstić information content (AvgIpc) is 3.50. The molecule has 0 unspecified atom stereocenters. The number of imidazole rings is 1. The van der Waals surface area contributed by atoms with E-state index in [0.29, 0.717) is 30.3 Å². The van der Waals surface area contributed by atoms with Crippen molar-refractivity contribution in [2.24, 2.45) is 0 Å². The number of aliphatic carboxylic acids is 1. The Morgan fingerprint density at radius 2 is 1.92 bits per heavy atom. The zero-order valence-corrected chi connectivity index (χ0v) is 20.2. The fourth-order valence-corrected chi connectivity index (χ4v) is 4.70. The van der Waals surface area contributed by atoms with Gasteiger partial charge in [0, 0.05) is 23.9 Å². The molecule has 0 aromatic carbocycles. The lowest BCUT2D eigenvalue weighted by Crippen LogP contribution is -2.45. The number of carbonyl (C=O) groups is 2. The average molecular weight is 542 g/mol. The van der Waals surface area contributed by atoms with Gasteiger partial charge in [-0.15, -0.1) is 0 Å². The van der Waals surface area contributed by atoms with Gasteiger partial charge in [0.15, 0.2) is 11.4 Å². The van der Waals surface area contributed by atoms with Crippen LogP contribution >= 0.6 is 0 Å². The third-order valence-corrected chi connectivity index (χ3v) is 6.21. The molecule has 2 aliphatic heterocycles. The summed E-state index contributed by atoms with van der Waals surface area (Å²) in [7, 11) is 0. The van der Waals surface area contributed by atoms with Crippen LogP contribution in [0, 0.1) is 0 Å². The molecule has 3 aromatic rings. The molecule has 6 rings (SSSR count). The van der Waals surface area contributed by atoms with Gasteiger partial charge < -0.3 is 24.3 Å². The number of carboxylic acids is 1. The molecule has 2 N–H and O–H groups in total. The molecule has 3 aromatic heterocycles. The summed E-state index contributed by atoms with van der Waals surface area (Å²) in [5, 5.41) is 9.84. The molecule has 38 heavy (non-hydrogen) atoms. The third-order valence-electron chi connectivity index (χ3n) is 6.21. The van der Waals surface area contributed by atoms with E-state index in [1.807, 2.05) is 17.5 Å². The lowest BCUT2D eigenvalue weighted by molar-refractivity contribution is -0.192. The number of rotatable bonds is 6. The molecule has 3 aliphatic rings. The van der Waals surface area contributed by atoms with Crippen molar-refractivity contribution in [1.29, 1.82) is 0 Å². The Labute approximate surface area is 212 Å². The van der Waals surface area contributed by atoms with Gasteiger partial charge in [-0.05, 0) is 38.8 Å². The number of carboxylic acid groups (broad SMARTS) is 1. The number of nitrogens with one attached hydrogen (secondary N) is 1. The molecular formula is C24H23F5N4O5. The SMILES string of the molecule is CCOc1cc(NC(=O)c2cccc(C(F)F)n2)cn2cc(C34COC(C)(C3)C4)nc12.O=C(O)C(F)(F)F. The van der Waals surface area contributed by atoms with E-state index in [2.05, 4.69) is 17.2 Å². The summed E-state index contributed by atoms with van der Waals surface area (Å²) >= 11 is 0. The van der Waals surface area contributed by atoms with E-state index in [4.69, 9.17) is 24.4 Å². The first-order valence-electron chi connectivity index (χ1n) is 11.4. The van der Waals surface area contributed by atoms with Crippen LogP contribution in [0.25, 0.3) is 5.65 Å². The molecule has 5 heterocycles. The number of ether oxygens (including phenoxy) is 2. The van der Waals surface area contributed by atoms with Crippen LogP contribution in [-0.2, 0) is 14.9 Å². The molecule has 1 amide bonds. The molecule has 2 saturated heterocycles. The minimum absolute atomic E-state index is 0.0581. The highest BCUT2D eigenvalue weighted by Crippen LogP contribution is 2.58. The molecule has 9 nitrogen and oxygen atoms in total. The van der Waals surface area contributed by atoms with Crippen LogP contribution in [0.5, 0.6) is 5.75 Å². The number of carbonyl (C=O) groups excluding carboxylic acids is 1. The normalized spacial score (nSPS) is 22.0. The number of halogens is 5. The van der Waals surface area contributed by atoms with Gasteiger partial charge in [-0.1, -0.05) is 6.07 Å². The number of hydrogen-bond donors (Lipinski definition) is 2. The maximum Gasteiger partial charge on any atom is 0.490 e. The first kappa shape index (κ1) is 27.2. The molecule has 3 fully saturated rings. The molecular weight excluding hydrogens is 519 g/mol. The van der Waals surface area contributed by atoms with E-state index in [9.17, 15) is 26.7 Å². The summed E-state index contributed by atoms with van der Waals surface area (Å²) in [5.74, 6) is -2.81. The Bertz CT molecular complexity index is 1370. The van der Waals surface area contributed by atoms with E-state index in [1.165, 1.54) is 18.2 Å². The van der Waals surface area contributed by atoms with Gasteiger partial charge in [0.2, 0.25) is 0 Å². The van der Waals surface area contributed by atoms with Crippen molar-refractivity contribution in [3.05, 3.63) is 53.7 Å². The second-order valence-corrected chi connectivity index (χ2v) is 9.26. The van der Waals surface area contributed by atoms with Crippen LogP contribution in [0.3, 0.4) is 0 Å². The topological polar surface area (TPSA) is 115 Å². The van der Waals surface area contributed by atoms with E-state index in [0.717, 1.165) is 18.5 Å². The Morgan fingerprint density at radius 3 is 2.47 bits per heavy atom. The summed E-state index contributed by atoms with van der Waals surface area (Å²) in [4.78, 5) is 30.0. The van der Waals surface area contributed by atoms with E-state index in [1.54, 1.807) is 12.3 Å². The van der Waals surface area contributed by atoms with Crippen LogP contribution in [0.15, 0.2) is 36.7 Å². The first-order chi connectivity index (χ1) is 17.7. The van der Waals surface area contributed by atoms with Crippen molar-refractivity contribution >= 4 is 23.2 Å². The summed E-state index contributed by atoms with van der Waals surface area (Å²) in [6.07, 6.45) is -2.29. The van der Waals surface area contributed by atoms with E-state index in [-0.39, 0.29) is 16.7 Å². The fraction of sp³-hybridized carbons (Fsp3) is 0.417. The van der Waals surface area contributed by atoms with Gasteiger partial charge in [-0.2, -0.15) is 13.2 Å². The fourth-order valence-electron chi connectivity index (χ4n) is 4.70. The van der Waals surface area contributed by atoms with Crippen molar-refractivity contribution in [3.63, 3.8) is 0 Å². The molecule has 204 valence electrons. The third kappa shape index (κ3) is 5.39. The second kappa shape index (κ2) is 9.82. The predicted octanol–water partition coefficient (Wildman–Crippen LogP) is 4.77. The minimum atomic E-state index is -5.08. The lowest BCUT2D eigenvalue weighted by Gasteiger charge is -2.41. The Balaban J connectivity index is 0.000000426. The molecule has 0 atom stereocenters. The number of fused-ring (bicyclic) bond motifs is 2. The standard InChI is InChI=1S/C22H22F2N4O3.C2HF3O2/c1-3-30-16-7-13(25-20(29)15-6-4-5-14(26-15)18(23)24)8-28-9-17(27-19(16)28)22-10-21(2,11-22)31-12-22;3-2(4,5)1(6)7/h4-9,18H,3,10-12H2,1-2H3,(H,25,29);(H,6,7).